The van der Waals surface area contributed by atoms with E-state index in [4.69, 9.17) is 0 Å². The Hall–Kier alpha value is -1.00. The summed E-state index contributed by atoms with van der Waals surface area (Å²) in [6, 6.07) is 3.20. The predicted molar refractivity (Wildman–Crippen MR) is 63.6 cm³/mol. The van der Waals surface area contributed by atoms with Gasteiger partial charge < -0.3 is 10.4 Å². The number of aliphatic hydroxyl groups is 1. The molecule has 0 aliphatic heterocycles. The average molecular weight is 243 g/mol. The van der Waals surface area contributed by atoms with E-state index < -0.39 is 17.7 Å². The average Bonchev–Trinajstić information content (AvgIpc) is 2.15. The zero-order valence-electron chi connectivity index (χ0n) is 10.4. The molecule has 0 aliphatic carbocycles. The lowest BCUT2D eigenvalue weighted by atomic mass is 9.97. The van der Waals surface area contributed by atoms with E-state index in [1.54, 1.807) is 0 Å². The fraction of sp³-hybridized carbons (Fsp3) is 0.538. The third-order valence-corrected chi connectivity index (χ3v) is 2.31. The summed E-state index contributed by atoms with van der Waals surface area (Å²) in [5, 5.41) is 12.8. The first-order valence-corrected chi connectivity index (χ1v) is 5.63. The summed E-state index contributed by atoms with van der Waals surface area (Å²) in [5.41, 5.74) is 0.217. The minimum absolute atomic E-state index is 0.0983. The highest BCUT2D eigenvalue weighted by Gasteiger charge is 2.15. The SMILES string of the molecule is CC(C)(C)CNCC(O)c1ccc(F)cc1F. The van der Waals surface area contributed by atoms with E-state index in [0.29, 0.717) is 6.54 Å². The van der Waals surface area contributed by atoms with Gasteiger partial charge in [-0.2, -0.15) is 0 Å². The topological polar surface area (TPSA) is 32.3 Å². The molecule has 0 amide bonds. The summed E-state index contributed by atoms with van der Waals surface area (Å²) in [7, 11) is 0. The van der Waals surface area contributed by atoms with E-state index in [9.17, 15) is 13.9 Å². The molecule has 1 unspecified atom stereocenters. The molecule has 17 heavy (non-hydrogen) atoms. The van der Waals surface area contributed by atoms with Crippen LogP contribution in [0.5, 0.6) is 0 Å². The van der Waals surface area contributed by atoms with Crippen LogP contribution in [0.3, 0.4) is 0 Å². The van der Waals surface area contributed by atoms with Crippen LogP contribution in [0, 0.1) is 17.0 Å². The van der Waals surface area contributed by atoms with Crippen LogP contribution in [0.15, 0.2) is 18.2 Å². The lowest BCUT2D eigenvalue weighted by Crippen LogP contribution is -2.30. The Labute approximate surface area is 101 Å². The molecule has 96 valence electrons. The molecule has 0 bridgehead atoms. The van der Waals surface area contributed by atoms with E-state index in [2.05, 4.69) is 26.1 Å². The Bertz CT molecular complexity index is 374. The van der Waals surface area contributed by atoms with Gasteiger partial charge in [-0.1, -0.05) is 26.8 Å². The second-order valence-electron chi connectivity index (χ2n) is 5.37. The number of hydrogen-bond donors (Lipinski definition) is 2. The zero-order valence-corrected chi connectivity index (χ0v) is 10.4. The highest BCUT2D eigenvalue weighted by molar-refractivity contribution is 5.21. The maximum absolute atomic E-state index is 13.3. The molecule has 1 aromatic rings. The van der Waals surface area contributed by atoms with Crippen LogP contribution in [-0.4, -0.2) is 18.2 Å². The van der Waals surface area contributed by atoms with Gasteiger partial charge in [-0.05, 0) is 11.5 Å². The molecule has 1 rings (SSSR count). The molecule has 1 aromatic carbocycles. The molecule has 1 atom stereocenters. The molecule has 0 fully saturated rings. The Morgan fingerprint density at radius 3 is 2.47 bits per heavy atom. The molecular formula is C13H19F2NO. The van der Waals surface area contributed by atoms with Gasteiger partial charge in [0.2, 0.25) is 0 Å². The van der Waals surface area contributed by atoms with Crippen molar-refractivity contribution >= 4 is 0 Å². The van der Waals surface area contributed by atoms with Gasteiger partial charge in [0, 0.05) is 24.7 Å². The van der Waals surface area contributed by atoms with Gasteiger partial charge in [0.1, 0.15) is 11.6 Å². The normalized spacial score (nSPS) is 13.8. The number of aliphatic hydroxyl groups excluding tert-OH is 1. The number of halogens is 2. The van der Waals surface area contributed by atoms with E-state index in [0.717, 1.165) is 12.1 Å². The van der Waals surface area contributed by atoms with Gasteiger partial charge in [-0.3, -0.25) is 0 Å². The fourth-order valence-electron chi connectivity index (χ4n) is 1.47. The molecule has 0 spiro atoms. The van der Waals surface area contributed by atoms with Crippen LogP contribution < -0.4 is 5.32 Å². The third kappa shape index (κ3) is 4.79. The molecule has 0 aromatic heterocycles. The van der Waals surface area contributed by atoms with Gasteiger partial charge in [-0.25, -0.2) is 8.78 Å². The summed E-state index contributed by atoms with van der Waals surface area (Å²) >= 11 is 0. The van der Waals surface area contributed by atoms with Crippen LogP contribution in [-0.2, 0) is 0 Å². The van der Waals surface area contributed by atoms with Crippen molar-refractivity contribution in [2.45, 2.75) is 26.9 Å². The Morgan fingerprint density at radius 1 is 1.29 bits per heavy atom. The number of nitrogens with one attached hydrogen (secondary N) is 1. The zero-order chi connectivity index (χ0) is 13.1. The summed E-state index contributed by atoms with van der Waals surface area (Å²) in [6.45, 7) is 7.15. The number of hydrogen-bond acceptors (Lipinski definition) is 2. The van der Waals surface area contributed by atoms with Crippen molar-refractivity contribution in [2.75, 3.05) is 13.1 Å². The minimum atomic E-state index is -0.960. The highest BCUT2D eigenvalue weighted by Crippen LogP contribution is 2.18. The van der Waals surface area contributed by atoms with Gasteiger partial charge in [-0.15, -0.1) is 0 Å². The third-order valence-electron chi connectivity index (χ3n) is 2.31. The number of rotatable bonds is 4. The smallest absolute Gasteiger partial charge is 0.131 e. The predicted octanol–water partition coefficient (Wildman–Crippen LogP) is 2.63. The molecule has 0 saturated heterocycles. The monoisotopic (exact) mass is 243 g/mol. The standard InChI is InChI=1S/C13H19F2NO/c1-13(2,3)8-16-7-12(17)10-5-4-9(14)6-11(10)15/h4-6,12,16-17H,7-8H2,1-3H3. The van der Waals surface area contributed by atoms with Crippen molar-refractivity contribution in [3.63, 3.8) is 0 Å². The van der Waals surface area contributed by atoms with E-state index in [1.165, 1.54) is 6.07 Å². The Kier molecular flexibility index (Phi) is 4.60. The van der Waals surface area contributed by atoms with E-state index in [-0.39, 0.29) is 17.5 Å². The highest BCUT2D eigenvalue weighted by atomic mass is 19.1. The van der Waals surface area contributed by atoms with E-state index in [1.807, 2.05) is 0 Å². The van der Waals surface area contributed by atoms with Crippen molar-refractivity contribution in [1.29, 1.82) is 0 Å². The largest absolute Gasteiger partial charge is 0.387 e. The Balaban J connectivity index is 2.55. The first kappa shape index (κ1) is 14.1. The summed E-state index contributed by atoms with van der Waals surface area (Å²) in [4.78, 5) is 0. The molecule has 0 aliphatic rings. The van der Waals surface area contributed by atoms with Crippen molar-refractivity contribution < 1.29 is 13.9 Å². The van der Waals surface area contributed by atoms with Crippen LogP contribution in [0.2, 0.25) is 0 Å². The molecule has 2 nitrogen and oxygen atoms in total. The summed E-state index contributed by atoms with van der Waals surface area (Å²) in [5.74, 6) is -1.35. The molecule has 0 heterocycles. The van der Waals surface area contributed by atoms with Crippen molar-refractivity contribution in [1.82, 2.24) is 5.32 Å². The minimum Gasteiger partial charge on any atom is -0.387 e. The van der Waals surface area contributed by atoms with Crippen LogP contribution >= 0.6 is 0 Å². The lowest BCUT2D eigenvalue weighted by Gasteiger charge is -2.20. The fourth-order valence-corrected chi connectivity index (χ4v) is 1.47. The van der Waals surface area contributed by atoms with Crippen molar-refractivity contribution in [3.05, 3.63) is 35.4 Å². The van der Waals surface area contributed by atoms with Crippen LogP contribution in [0.4, 0.5) is 8.78 Å². The van der Waals surface area contributed by atoms with E-state index >= 15 is 0 Å². The van der Waals surface area contributed by atoms with Crippen LogP contribution in [0.1, 0.15) is 32.4 Å². The molecule has 2 N–H and O–H groups in total. The quantitative estimate of drug-likeness (QED) is 0.852. The molecule has 0 saturated carbocycles. The van der Waals surface area contributed by atoms with Crippen LogP contribution in [0.25, 0.3) is 0 Å². The molecular weight excluding hydrogens is 224 g/mol. The van der Waals surface area contributed by atoms with Crippen molar-refractivity contribution in [3.8, 4) is 0 Å². The second kappa shape index (κ2) is 5.56. The van der Waals surface area contributed by atoms with Gasteiger partial charge in [0.15, 0.2) is 0 Å². The number of benzene rings is 1. The van der Waals surface area contributed by atoms with Gasteiger partial charge in [0.25, 0.3) is 0 Å². The Morgan fingerprint density at radius 2 is 1.94 bits per heavy atom. The maximum Gasteiger partial charge on any atom is 0.131 e. The lowest BCUT2D eigenvalue weighted by molar-refractivity contribution is 0.165. The first-order chi connectivity index (χ1) is 7.79. The molecule has 4 heteroatoms. The summed E-state index contributed by atoms with van der Waals surface area (Å²) < 4.78 is 26.0. The molecule has 0 radical (unpaired) electrons. The van der Waals surface area contributed by atoms with Gasteiger partial charge >= 0.3 is 0 Å². The maximum atomic E-state index is 13.3. The summed E-state index contributed by atoms with van der Waals surface area (Å²) in [6.07, 6.45) is -0.960. The second-order valence-corrected chi connectivity index (χ2v) is 5.37. The van der Waals surface area contributed by atoms with Gasteiger partial charge in [0.05, 0.1) is 6.10 Å². The van der Waals surface area contributed by atoms with Crippen molar-refractivity contribution in [2.24, 2.45) is 5.41 Å². The first-order valence-electron chi connectivity index (χ1n) is 5.63.